The minimum Gasteiger partial charge on any atom is -0.481 e. The fourth-order valence-corrected chi connectivity index (χ4v) is 2.40. The number of ether oxygens (including phenoxy) is 1. The van der Waals surface area contributed by atoms with Gasteiger partial charge in [0.15, 0.2) is 0 Å². The standard InChI is InChI=1S/C13H22N2O5/c1-3-13(11(17)18)6-4-8-15(9-13)12(19)14-7-5-10(16)20-2/h3-9H2,1-2H3,(H,14,19)(H,17,18). The maximum atomic E-state index is 12.0. The van der Waals surface area contributed by atoms with Crippen LogP contribution < -0.4 is 5.32 Å². The first-order valence-corrected chi connectivity index (χ1v) is 6.78. The van der Waals surface area contributed by atoms with Crippen LogP contribution in [-0.4, -0.2) is 54.7 Å². The van der Waals surface area contributed by atoms with Crippen LogP contribution in [0.1, 0.15) is 32.6 Å². The van der Waals surface area contributed by atoms with Crippen LogP contribution in [0.4, 0.5) is 4.79 Å². The molecule has 0 aromatic carbocycles. The van der Waals surface area contributed by atoms with Gasteiger partial charge in [-0.2, -0.15) is 0 Å². The lowest BCUT2D eigenvalue weighted by Gasteiger charge is -2.39. The molecule has 20 heavy (non-hydrogen) atoms. The van der Waals surface area contributed by atoms with Crippen molar-refractivity contribution in [3.63, 3.8) is 0 Å². The Balaban J connectivity index is 2.52. The number of piperidine rings is 1. The average molecular weight is 286 g/mol. The Morgan fingerprint density at radius 2 is 2.10 bits per heavy atom. The van der Waals surface area contributed by atoms with E-state index in [4.69, 9.17) is 0 Å². The number of carboxylic acid groups (broad SMARTS) is 1. The van der Waals surface area contributed by atoms with Crippen LogP contribution in [0, 0.1) is 5.41 Å². The van der Waals surface area contributed by atoms with Crippen molar-refractivity contribution in [1.82, 2.24) is 10.2 Å². The SMILES string of the molecule is CCC1(C(=O)O)CCCN(C(=O)NCCC(=O)OC)C1. The van der Waals surface area contributed by atoms with Crippen molar-refractivity contribution in [2.75, 3.05) is 26.7 Å². The van der Waals surface area contributed by atoms with Gasteiger partial charge < -0.3 is 20.1 Å². The number of carboxylic acids is 1. The lowest BCUT2D eigenvalue weighted by molar-refractivity contribution is -0.152. The molecule has 1 atom stereocenters. The lowest BCUT2D eigenvalue weighted by atomic mass is 9.78. The van der Waals surface area contributed by atoms with Crippen LogP contribution in [0.5, 0.6) is 0 Å². The second-order valence-electron chi connectivity index (χ2n) is 5.02. The lowest BCUT2D eigenvalue weighted by Crippen LogP contribution is -2.52. The van der Waals surface area contributed by atoms with E-state index in [0.717, 1.165) is 0 Å². The molecule has 0 aromatic heterocycles. The fraction of sp³-hybridized carbons (Fsp3) is 0.769. The number of nitrogens with zero attached hydrogens (tertiary/aromatic N) is 1. The van der Waals surface area contributed by atoms with Crippen LogP contribution >= 0.6 is 0 Å². The molecule has 1 fully saturated rings. The van der Waals surface area contributed by atoms with Gasteiger partial charge in [-0.15, -0.1) is 0 Å². The summed E-state index contributed by atoms with van der Waals surface area (Å²) in [5, 5.41) is 12.0. The summed E-state index contributed by atoms with van der Waals surface area (Å²) in [5.74, 6) is -1.25. The maximum Gasteiger partial charge on any atom is 0.317 e. The highest BCUT2D eigenvalue weighted by Gasteiger charge is 2.42. The zero-order valence-corrected chi connectivity index (χ0v) is 12.0. The molecule has 0 bridgehead atoms. The molecule has 7 heteroatoms. The van der Waals surface area contributed by atoms with Crippen LogP contribution in [0.15, 0.2) is 0 Å². The van der Waals surface area contributed by atoms with Gasteiger partial charge in [0.1, 0.15) is 0 Å². The van der Waals surface area contributed by atoms with Gasteiger partial charge in [-0.05, 0) is 19.3 Å². The van der Waals surface area contributed by atoms with E-state index in [1.54, 1.807) is 0 Å². The summed E-state index contributed by atoms with van der Waals surface area (Å²) < 4.78 is 4.48. The van der Waals surface area contributed by atoms with Crippen LogP contribution in [0.3, 0.4) is 0 Å². The number of aliphatic carboxylic acids is 1. The minimum absolute atomic E-state index is 0.105. The van der Waals surface area contributed by atoms with Crippen LogP contribution in [-0.2, 0) is 14.3 Å². The number of hydrogen-bond donors (Lipinski definition) is 2. The van der Waals surface area contributed by atoms with Crippen LogP contribution in [0.25, 0.3) is 0 Å². The summed E-state index contributed by atoms with van der Waals surface area (Å²) in [4.78, 5) is 35.8. The Kier molecular flexibility index (Phi) is 5.79. The highest BCUT2D eigenvalue weighted by molar-refractivity contribution is 5.79. The third-order valence-corrected chi connectivity index (χ3v) is 3.83. The Labute approximate surface area is 118 Å². The van der Waals surface area contributed by atoms with Gasteiger partial charge in [-0.3, -0.25) is 9.59 Å². The van der Waals surface area contributed by atoms with E-state index >= 15 is 0 Å². The van der Waals surface area contributed by atoms with E-state index in [-0.39, 0.29) is 25.5 Å². The number of carbonyl (C=O) groups is 3. The minimum atomic E-state index is -0.855. The van der Waals surface area contributed by atoms with Gasteiger partial charge in [0.05, 0.1) is 18.9 Å². The molecule has 0 saturated carbocycles. The first kappa shape index (κ1) is 16.3. The average Bonchev–Trinajstić information content (AvgIpc) is 2.46. The molecule has 0 spiro atoms. The normalized spacial score (nSPS) is 22.2. The van der Waals surface area contributed by atoms with Crippen molar-refractivity contribution >= 4 is 18.0 Å². The van der Waals surface area contributed by atoms with Gasteiger partial charge in [0, 0.05) is 19.6 Å². The van der Waals surface area contributed by atoms with Gasteiger partial charge in [0.2, 0.25) is 0 Å². The molecular weight excluding hydrogens is 264 g/mol. The summed E-state index contributed by atoms with van der Waals surface area (Å²) in [7, 11) is 1.29. The molecule has 0 aliphatic carbocycles. The van der Waals surface area contributed by atoms with Crippen molar-refractivity contribution < 1.29 is 24.2 Å². The molecule has 2 N–H and O–H groups in total. The van der Waals surface area contributed by atoms with E-state index < -0.39 is 17.4 Å². The molecule has 1 heterocycles. The zero-order valence-electron chi connectivity index (χ0n) is 12.0. The Hall–Kier alpha value is -1.79. The van der Waals surface area contributed by atoms with Crippen LogP contribution in [0.2, 0.25) is 0 Å². The van der Waals surface area contributed by atoms with E-state index in [1.807, 2.05) is 6.92 Å². The molecular formula is C13H22N2O5. The molecule has 7 nitrogen and oxygen atoms in total. The third kappa shape index (κ3) is 3.85. The van der Waals surface area contributed by atoms with Crippen molar-refractivity contribution in [2.24, 2.45) is 5.41 Å². The van der Waals surface area contributed by atoms with Gasteiger partial charge in [0.25, 0.3) is 0 Å². The summed E-state index contributed by atoms with van der Waals surface area (Å²) in [6.07, 6.45) is 1.86. The number of hydrogen-bond acceptors (Lipinski definition) is 4. The quantitative estimate of drug-likeness (QED) is 0.730. The number of amides is 2. The van der Waals surface area contributed by atoms with E-state index in [9.17, 15) is 19.5 Å². The Bertz CT molecular complexity index is 385. The number of carbonyl (C=O) groups excluding carboxylic acids is 2. The van der Waals surface area contributed by atoms with Gasteiger partial charge in [-0.25, -0.2) is 4.79 Å². The summed E-state index contributed by atoms with van der Waals surface area (Å²) >= 11 is 0. The summed E-state index contributed by atoms with van der Waals surface area (Å²) in [6.45, 7) is 2.77. The Morgan fingerprint density at radius 3 is 2.65 bits per heavy atom. The molecule has 1 unspecified atom stereocenters. The van der Waals surface area contributed by atoms with Gasteiger partial charge >= 0.3 is 18.0 Å². The molecule has 0 aromatic rings. The van der Waals surface area contributed by atoms with Crippen molar-refractivity contribution in [1.29, 1.82) is 0 Å². The van der Waals surface area contributed by atoms with E-state index in [0.29, 0.717) is 25.8 Å². The number of esters is 1. The molecule has 1 aliphatic rings. The second kappa shape index (κ2) is 7.12. The Morgan fingerprint density at radius 1 is 1.40 bits per heavy atom. The highest BCUT2D eigenvalue weighted by atomic mass is 16.5. The molecule has 1 saturated heterocycles. The van der Waals surface area contributed by atoms with E-state index in [1.165, 1.54) is 12.0 Å². The zero-order chi connectivity index (χ0) is 15.2. The number of likely N-dealkylation sites (tertiary alicyclic amines) is 1. The van der Waals surface area contributed by atoms with Crippen molar-refractivity contribution in [3.05, 3.63) is 0 Å². The highest BCUT2D eigenvalue weighted by Crippen LogP contribution is 2.33. The predicted octanol–water partition coefficient (Wildman–Crippen LogP) is 0.836. The molecule has 114 valence electrons. The second-order valence-corrected chi connectivity index (χ2v) is 5.02. The summed E-state index contributed by atoms with van der Waals surface area (Å²) in [6, 6.07) is -0.326. The monoisotopic (exact) mass is 286 g/mol. The molecule has 1 aliphatic heterocycles. The predicted molar refractivity (Wildman–Crippen MR) is 71.2 cm³/mol. The number of urea groups is 1. The molecule has 1 rings (SSSR count). The first-order chi connectivity index (χ1) is 9.45. The largest absolute Gasteiger partial charge is 0.481 e. The summed E-state index contributed by atoms with van der Waals surface area (Å²) in [5.41, 5.74) is -0.849. The topological polar surface area (TPSA) is 95.9 Å². The molecule has 0 radical (unpaired) electrons. The number of nitrogens with one attached hydrogen (secondary N) is 1. The van der Waals surface area contributed by atoms with Gasteiger partial charge in [-0.1, -0.05) is 6.92 Å². The third-order valence-electron chi connectivity index (χ3n) is 3.83. The van der Waals surface area contributed by atoms with Crippen molar-refractivity contribution in [2.45, 2.75) is 32.6 Å². The maximum absolute atomic E-state index is 12.0. The fourth-order valence-electron chi connectivity index (χ4n) is 2.40. The first-order valence-electron chi connectivity index (χ1n) is 6.78. The number of rotatable bonds is 5. The molecule has 2 amide bonds. The smallest absolute Gasteiger partial charge is 0.317 e. The van der Waals surface area contributed by atoms with Crippen molar-refractivity contribution in [3.8, 4) is 0 Å². The van der Waals surface area contributed by atoms with E-state index in [2.05, 4.69) is 10.1 Å². The number of methoxy groups -OCH3 is 1.